The van der Waals surface area contributed by atoms with Crippen molar-refractivity contribution in [3.05, 3.63) is 94.7 Å². The summed E-state index contributed by atoms with van der Waals surface area (Å²) < 4.78 is 216. The third kappa shape index (κ3) is 23.5. The van der Waals surface area contributed by atoms with Crippen LogP contribution >= 0.6 is 0 Å². The van der Waals surface area contributed by atoms with E-state index in [2.05, 4.69) is 17.1 Å². The minimum atomic E-state index is -5.04. The number of anilines is 2. The van der Waals surface area contributed by atoms with Crippen molar-refractivity contribution in [2.24, 2.45) is 0 Å². The second kappa shape index (κ2) is 37.3. The van der Waals surface area contributed by atoms with Crippen LogP contribution in [-0.4, -0.2) is 205 Å². The predicted molar refractivity (Wildman–Crippen MR) is 343 cm³/mol. The second-order valence-electron chi connectivity index (χ2n) is 22.3. The molecule has 0 spiro atoms. The van der Waals surface area contributed by atoms with Gasteiger partial charge in [0.25, 0.3) is 40.5 Å². The zero-order valence-corrected chi connectivity index (χ0v) is 56.2. The molecule has 1 aliphatic heterocycles. The van der Waals surface area contributed by atoms with E-state index in [-0.39, 0.29) is 95.5 Å². The molecule has 30 heteroatoms. The average Bonchev–Trinajstić information content (AvgIpc) is 1.48. The second-order valence-corrected chi connectivity index (χ2v) is 29.5. The van der Waals surface area contributed by atoms with Crippen molar-refractivity contribution in [1.29, 1.82) is 0 Å². The number of unbranched alkanes of at least 4 members (excludes halogenated alkanes) is 3. The fourth-order valence-corrected chi connectivity index (χ4v) is 15.0. The van der Waals surface area contributed by atoms with Gasteiger partial charge in [-0.1, -0.05) is 69.5 Å². The first-order valence-electron chi connectivity index (χ1n) is 30.0. The molecule has 5 rings (SSSR count). The zero-order chi connectivity index (χ0) is 66.0. The monoisotopic (exact) mass is 1370 g/mol. The Balaban J connectivity index is 1.53. The van der Waals surface area contributed by atoms with E-state index in [1.165, 1.54) is 12.1 Å². The van der Waals surface area contributed by atoms with E-state index >= 15 is 0 Å². The lowest BCUT2D eigenvalue weighted by Gasteiger charge is -2.38. The van der Waals surface area contributed by atoms with Crippen molar-refractivity contribution in [2.75, 3.05) is 149 Å². The minimum absolute atomic E-state index is 0.0260. The highest BCUT2D eigenvalue weighted by Gasteiger charge is 2.46. The van der Waals surface area contributed by atoms with Crippen molar-refractivity contribution < 1.29 is 103 Å². The number of allylic oxidation sites excluding steroid dienone is 6. The minimum Gasteiger partial charge on any atom is -0.382 e. The Morgan fingerprint density at radius 3 is 1.80 bits per heavy atom. The number of nitrogens with zero attached hydrogens (tertiary/aromatic N) is 1. The maximum atomic E-state index is 13.0. The normalized spacial score (nSPS) is 18.9. The lowest BCUT2D eigenvalue weighted by atomic mass is 9.70. The highest BCUT2D eigenvalue weighted by Crippen LogP contribution is 2.54. The number of fused-ring (bicyclic) bond motifs is 4. The molecule has 0 radical (unpaired) electrons. The lowest BCUT2D eigenvalue weighted by Crippen LogP contribution is -2.35. The van der Waals surface area contributed by atoms with Crippen LogP contribution in [0.5, 0.6) is 0 Å². The van der Waals surface area contributed by atoms with E-state index < -0.39 is 88.4 Å². The van der Waals surface area contributed by atoms with Crippen LogP contribution in [0.4, 0.5) is 11.4 Å². The van der Waals surface area contributed by atoms with Gasteiger partial charge in [-0.3, -0.25) is 18.2 Å². The molecule has 0 saturated heterocycles. The van der Waals surface area contributed by atoms with Gasteiger partial charge in [-0.2, -0.15) is 33.7 Å². The van der Waals surface area contributed by atoms with E-state index in [1.54, 1.807) is 50.6 Å². The molecular weight excluding hydrogens is 1280 g/mol. The molecule has 0 amide bonds. The van der Waals surface area contributed by atoms with Crippen molar-refractivity contribution in [3.8, 4) is 0 Å². The van der Waals surface area contributed by atoms with Gasteiger partial charge in [-0.25, -0.2) is 4.21 Å². The van der Waals surface area contributed by atoms with Crippen LogP contribution in [0.2, 0.25) is 0 Å². The molecule has 1 aliphatic carbocycles. The molecule has 0 bridgehead atoms. The molecule has 510 valence electrons. The first-order chi connectivity index (χ1) is 42.7. The van der Waals surface area contributed by atoms with Crippen molar-refractivity contribution in [3.63, 3.8) is 0 Å². The molecular formula is C60H92N2O23S5. The van der Waals surface area contributed by atoms with Gasteiger partial charge in [0.2, 0.25) is 0 Å². The van der Waals surface area contributed by atoms with Crippen LogP contribution in [0.1, 0.15) is 106 Å². The predicted octanol–water partition coefficient (Wildman–Crippen LogP) is 7.68. The number of ether oxygens (including phenoxy) is 9. The molecule has 1 heterocycles. The summed E-state index contributed by atoms with van der Waals surface area (Å²) in [6.45, 7) is 11.9. The summed E-state index contributed by atoms with van der Waals surface area (Å²) >= 11 is -2.58. The first kappa shape index (κ1) is 76.8. The molecule has 5 unspecified atom stereocenters. The van der Waals surface area contributed by atoms with Crippen LogP contribution < -0.4 is 10.2 Å². The number of hydrogen-bond donors (Lipinski definition) is 6. The smallest absolute Gasteiger partial charge is 0.295 e. The van der Waals surface area contributed by atoms with E-state index in [9.17, 15) is 60.6 Å². The molecule has 0 fully saturated rings. The summed E-state index contributed by atoms with van der Waals surface area (Å²) in [5.74, 6) is -0.608. The summed E-state index contributed by atoms with van der Waals surface area (Å²) in [5.41, 5.74) is 1.56. The lowest BCUT2D eigenvalue weighted by molar-refractivity contribution is -0.00700. The van der Waals surface area contributed by atoms with Gasteiger partial charge in [0.05, 0.1) is 120 Å². The molecule has 3 aromatic rings. The topological polar surface area (TPSA) is 353 Å². The number of nitrogens with one attached hydrogen (secondary N) is 1. The summed E-state index contributed by atoms with van der Waals surface area (Å²) in [6.07, 6.45) is 12.4. The number of benzene rings is 3. The Bertz CT molecular complexity index is 3340. The fraction of sp³-hybridized carbons (Fsp3) is 0.633. The molecule has 6 N–H and O–H groups in total. The molecule has 0 saturated carbocycles. The molecule has 0 aromatic heterocycles. The van der Waals surface area contributed by atoms with Crippen molar-refractivity contribution in [1.82, 2.24) is 0 Å². The first-order valence-corrected chi connectivity index (χ1v) is 37.2. The van der Waals surface area contributed by atoms with E-state index in [4.69, 9.17) is 42.6 Å². The fourth-order valence-electron chi connectivity index (χ4n) is 11.4. The molecule has 90 heavy (non-hydrogen) atoms. The van der Waals surface area contributed by atoms with Gasteiger partial charge in [-0.05, 0) is 115 Å². The highest BCUT2D eigenvalue weighted by atomic mass is 32.2. The molecule has 5 atom stereocenters. The third-order valence-electron chi connectivity index (χ3n) is 15.8. The Labute approximate surface area is 533 Å². The Kier molecular flexibility index (Phi) is 31.8. The molecule has 2 aliphatic rings. The standard InChI is InChI=1S/C60H92N2O23S5/c1-6-7-8-13-24-62-53-19-17-49-51(43-47(89(71,72)73)45-55(49)90(74,75)76)58(53)60(3,22-25-79-31-33-83-37-35-81-29-27-77-4)56(62)15-11-9-10-12-20-59(2,21-14-41-87(65,66)67)57-50-42-46(88(68,69)70)44-54(86(63)64)48(50)16-18-52(57)61-23-26-80-32-34-84-39-40-85-38-36-82-30-28-78-5/h9-12,15-19,43,45-46,54,61H,6-8,13-14,20-42,44H2,1-5H3,(H,63,64)(H,65,66,67)(H,68,69,70)(H,71,72,73)(H,74,75,76)/b11-9+,12-10+,56-15+. The Hall–Kier alpha value is -3.87. The van der Waals surface area contributed by atoms with Crippen LogP contribution in [0.15, 0.2) is 82.3 Å². The van der Waals surface area contributed by atoms with Gasteiger partial charge in [0.1, 0.15) is 4.90 Å². The van der Waals surface area contributed by atoms with E-state index in [1.807, 2.05) is 26.0 Å². The molecule has 3 aromatic carbocycles. The van der Waals surface area contributed by atoms with Gasteiger partial charge in [0, 0.05) is 61.8 Å². The summed E-state index contributed by atoms with van der Waals surface area (Å²) in [5, 5.41) is 0.914. The van der Waals surface area contributed by atoms with E-state index in [0.29, 0.717) is 106 Å². The van der Waals surface area contributed by atoms with E-state index in [0.717, 1.165) is 37.4 Å². The summed E-state index contributed by atoms with van der Waals surface area (Å²) in [6, 6.07) is 8.51. The quantitative estimate of drug-likeness (QED) is 0.0137. The Morgan fingerprint density at radius 1 is 0.689 bits per heavy atom. The number of hydrogen-bond acceptors (Lipinski definition) is 20. The maximum Gasteiger partial charge on any atom is 0.295 e. The van der Waals surface area contributed by atoms with Gasteiger partial charge in [-0.15, -0.1) is 0 Å². The zero-order valence-electron chi connectivity index (χ0n) is 52.1. The van der Waals surface area contributed by atoms with Crippen molar-refractivity contribution >= 4 is 73.7 Å². The molecule has 25 nitrogen and oxygen atoms in total. The summed E-state index contributed by atoms with van der Waals surface area (Å²) in [7, 11) is -16.1. The SMILES string of the molecule is CCCCCCN1/C(=C/C=C/C=C/CC(C)(CCCS(=O)(=O)O)c2c(NCCOCCOCCOCCOCCOC)ccc3c2CC(S(=O)(=O)O)CC3S(=O)O)C(C)(CCOCCOCCOCCOC)c2c1ccc1c(S(=O)(=O)O)cc(S(=O)(=O)O)cc21. The number of rotatable bonds is 46. The summed E-state index contributed by atoms with van der Waals surface area (Å²) in [4.78, 5) is 0.646. The third-order valence-corrected chi connectivity index (χ3v) is 20.4. The number of methoxy groups -OCH3 is 2. The van der Waals surface area contributed by atoms with Gasteiger partial charge >= 0.3 is 0 Å². The van der Waals surface area contributed by atoms with Crippen LogP contribution in [0.3, 0.4) is 0 Å². The van der Waals surface area contributed by atoms with Gasteiger partial charge < -0.3 is 57.4 Å². The average molecular weight is 1370 g/mol. The largest absolute Gasteiger partial charge is 0.382 e. The van der Waals surface area contributed by atoms with Crippen LogP contribution in [-0.2, 0) is 111 Å². The van der Waals surface area contributed by atoms with Crippen LogP contribution in [0.25, 0.3) is 10.8 Å². The highest BCUT2D eigenvalue weighted by molar-refractivity contribution is 7.87. The van der Waals surface area contributed by atoms with Crippen molar-refractivity contribution in [2.45, 2.75) is 116 Å². The Morgan fingerprint density at radius 2 is 1.27 bits per heavy atom. The van der Waals surface area contributed by atoms with Gasteiger partial charge in [0.15, 0.2) is 11.1 Å². The maximum absolute atomic E-state index is 13.0. The van der Waals surface area contributed by atoms with Crippen LogP contribution in [0, 0.1) is 0 Å².